The molecule has 1 aliphatic heterocycles. The van der Waals surface area contributed by atoms with Gasteiger partial charge in [0.15, 0.2) is 0 Å². The smallest absolute Gasteiger partial charge is 0.0553 e. The first-order chi connectivity index (χ1) is 4.20. The molecule has 0 aliphatic carbocycles. The van der Waals surface area contributed by atoms with Gasteiger partial charge in [0.1, 0.15) is 0 Å². The summed E-state index contributed by atoms with van der Waals surface area (Å²) in [6, 6.07) is 0. The van der Waals surface area contributed by atoms with Crippen molar-refractivity contribution in [2.75, 3.05) is 13.1 Å². The van der Waals surface area contributed by atoms with Gasteiger partial charge in [-0.05, 0) is 19.3 Å². The summed E-state index contributed by atoms with van der Waals surface area (Å²) in [5, 5.41) is 9.13. The third kappa shape index (κ3) is 1.89. The summed E-state index contributed by atoms with van der Waals surface area (Å²) in [5.74, 6) is 0.502. The van der Waals surface area contributed by atoms with E-state index in [1.165, 1.54) is 0 Å². The standard InChI is InChI=1S/C6H14NOP/c1-5(8)6-2-3-7(9)4-6/h5-6,8H,2-4,9H2,1H3/t5-,6+/m0/s1. The topological polar surface area (TPSA) is 23.5 Å². The van der Waals surface area contributed by atoms with Gasteiger partial charge in [-0.2, -0.15) is 0 Å². The van der Waals surface area contributed by atoms with E-state index in [1.54, 1.807) is 0 Å². The van der Waals surface area contributed by atoms with Crippen LogP contribution in [0, 0.1) is 5.92 Å². The molecule has 1 heterocycles. The van der Waals surface area contributed by atoms with E-state index in [0.717, 1.165) is 19.5 Å². The molecule has 1 unspecified atom stereocenters. The fraction of sp³-hybridized carbons (Fsp3) is 1.00. The van der Waals surface area contributed by atoms with Crippen LogP contribution in [0.4, 0.5) is 0 Å². The molecular formula is C6H14NOP. The maximum Gasteiger partial charge on any atom is 0.0553 e. The molecule has 1 rings (SSSR count). The summed E-state index contributed by atoms with van der Waals surface area (Å²) in [6.45, 7) is 4.01. The maximum atomic E-state index is 9.13. The molecule has 0 amide bonds. The average Bonchev–Trinajstić information content (AvgIpc) is 2.14. The second-order valence-electron chi connectivity index (χ2n) is 2.78. The van der Waals surface area contributed by atoms with Crippen molar-refractivity contribution in [2.24, 2.45) is 5.92 Å². The second-order valence-corrected chi connectivity index (χ2v) is 3.51. The molecule has 1 N–H and O–H groups in total. The molecule has 2 nitrogen and oxygen atoms in total. The lowest BCUT2D eigenvalue weighted by atomic mass is 10.0. The molecule has 9 heavy (non-hydrogen) atoms. The first kappa shape index (κ1) is 7.46. The van der Waals surface area contributed by atoms with Crippen LogP contribution in [0.25, 0.3) is 0 Å². The van der Waals surface area contributed by atoms with E-state index in [1.807, 2.05) is 6.92 Å². The highest BCUT2D eigenvalue weighted by Gasteiger charge is 2.22. The van der Waals surface area contributed by atoms with Gasteiger partial charge < -0.3 is 5.11 Å². The van der Waals surface area contributed by atoms with E-state index < -0.39 is 0 Å². The lowest BCUT2D eigenvalue weighted by Gasteiger charge is -2.12. The van der Waals surface area contributed by atoms with Crippen LogP contribution in [0.2, 0.25) is 0 Å². The predicted molar refractivity (Wildman–Crippen MR) is 41.1 cm³/mol. The Morgan fingerprint density at radius 3 is 2.67 bits per heavy atom. The van der Waals surface area contributed by atoms with Crippen molar-refractivity contribution in [1.29, 1.82) is 0 Å². The van der Waals surface area contributed by atoms with Crippen LogP contribution in [-0.2, 0) is 0 Å². The van der Waals surface area contributed by atoms with E-state index in [4.69, 9.17) is 5.11 Å². The minimum Gasteiger partial charge on any atom is -0.393 e. The fourth-order valence-electron chi connectivity index (χ4n) is 1.21. The van der Waals surface area contributed by atoms with Crippen molar-refractivity contribution >= 4 is 9.39 Å². The lowest BCUT2D eigenvalue weighted by Crippen LogP contribution is -2.18. The van der Waals surface area contributed by atoms with Crippen molar-refractivity contribution in [3.8, 4) is 0 Å². The van der Waals surface area contributed by atoms with Crippen molar-refractivity contribution in [3.05, 3.63) is 0 Å². The Morgan fingerprint density at radius 1 is 1.78 bits per heavy atom. The Balaban J connectivity index is 2.30. The number of nitrogens with zero attached hydrogens (tertiary/aromatic N) is 1. The van der Waals surface area contributed by atoms with Gasteiger partial charge in [0.2, 0.25) is 0 Å². The Hall–Kier alpha value is 0.350. The van der Waals surface area contributed by atoms with Crippen LogP contribution in [0.3, 0.4) is 0 Å². The summed E-state index contributed by atoms with van der Waals surface area (Å²) in [6.07, 6.45) is 1.01. The van der Waals surface area contributed by atoms with Crippen molar-refractivity contribution in [3.63, 3.8) is 0 Å². The molecule has 0 saturated carbocycles. The van der Waals surface area contributed by atoms with Gasteiger partial charge >= 0.3 is 0 Å². The third-order valence-electron chi connectivity index (χ3n) is 1.94. The van der Waals surface area contributed by atoms with Gasteiger partial charge in [0.05, 0.1) is 6.10 Å². The monoisotopic (exact) mass is 147 g/mol. The number of hydrogen-bond acceptors (Lipinski definition) is 2. The Bertz CT molecular complexity index is 97.1. The summed E-state index contributed by atoms with van der Waals surface area (Å²) < 4.78 is 2.18. The van der Waals surface area contributed by atoms with Gasteiger partial charge in [0, 0.05) is 13.1 Å². The van der Waals surface area contributed by atoms with Gasteiger partial charge in [-0.3, -0.25) is 4.67 Å². The van der Waals surface area contributed by atoms with Gasteiger partial charge in [-0.15, -0.1) is 0 Å². The van der Waals surface area contributed by atoms with Crippen LogP contribution in [0.5, 0.6) is 0 Å². The SMILES string of the molecule is C[C@H](O)[C@@H]1CCN(P)C1. The molecule has 3 heteroatoms. The van der Waals surface area contributed by atoms with Crippen molar-refractivity contribution < 1.29 is 5.11 Å². The summed E-state index contributed by atoms with van der Waals surface area (Å²) in [7, 11) is 2.66. The van der Waals surface area contributed by atoms with Crippen molar-refractivity contribution in [1.82, 2.24) is 4.67 Å². The molecule has 0 spiro atoms. The largest absolute Gasteiger partial charge is 0.393 e. The summed E-state index contributed by atoms with van der Waals surface area (Å²) in [4.78, 5) is 0. The molecule has 0 aromatic rings. The average molecular weight is 147 g/mol. The first-order valence-electron chi connectivity index (χ1n) is 3.38. The molecule has 0 aromatic carbocycles. The van der Waals surface area contributed by atoms with Crippen LogP contribution < -0.4 is 0 Å². The number of hydrogen-bond donors (Lipinski definition) is 1. The van der Waals surface area contributed by atoms with E-state index in [-0.39, 0.29) is 6.10 Å². The minimum absolute atomic E-state index is 0.129. The highest BCUT2D eigenvalue weighted by molar-refractivity contribution is 7.13. The number of rotatable bonds is 1. The van der Waals surface area contributed by atoms with E-state index in [9.17, 15) is 0 Å². The maximum absolute atomic E-state index is 9.13. The van der Waals surface area contributed by atoms with Gasteiger partial charge in [0.25, 0.3) is 0 Å². The molecule has 0 bridgehead atoms. The van der Waals surface area contributed by atoms with Crippen LogP contribution >= 0.6 is 9.39 Å². The predicted octanol–water partition coefficient (Wildman–Crippen LogP) is 0.479. The number of aliphatic hydroxyl groups excluding tert-OH is 1. The van der Waals surface area contributed by atoms with Crippen LogP contribution in [0.1, 0.15) is 13.3 Å². The molecule has 1 saturated heterocycles. The van der Waals surface area contributed by atoms with Gasteiger partial charge in [-0.1, -0.05) is 9.39 Å². The zero-order valence-corrected chi connectivity index (χ0v) is 6.90. The normalized spacial score (nSPS) is 33.0. The second kappa shape index (κ2) is 2.96. The highest BCUT2D eigenvalue weighted by Crippen LogP contribution is 2.21. The summed E-state index contributed by atoms with van der Waals surface area (Å²) in [5.41, 5.74) is 0. The molecule has 0 radical (unpaired) electrons. The first-order valence-corrected chi connectivity index (χ1v) is 3.89. The molecule has 0 aromatic heterocycles. The Labute approximate surface area is 58.5 Å². The molecule has 1 fully saturated rings. The van der Waals surface area contributed by atoms with Gasteiger partial charge in [-0.25, -0.2) is 0 Å². The van der Waals surface area contributed by atoms with E-state index in [2.05, 4.69) is 14.1 Å². The highest BCUT2D eigenvalue weighted by atomic mass is 31.0. The molecule has 3 atom stereocenters. The zero-order chi connectivity index (χ0) is 6.85. The van der Waals surface area contributed by atoms with Crippen molar-refractivity contribution in [2.45, 2.75) is 19.4 Å². The molecule has 1 aliphatic rings. The minimum atomic E-state index is -0.129. The molecule has 54 valence electrons. The quantitative estimate of drug-likeness (QED) is 0.545. The third-order valence-corrected chi connectivity index (χ3v) is 2.41. The Kier molecular flexibility index (Phi) is 2.45. The Morgan fingerprint density at radius 2 is 2.44 bits per heavy atom. The fourth-order valence-corrected chi connectivity index (χ4v) is 1.63. The molecular weight excluding hydrogens is 133 g/mol. The van der Waals surface area contributed by atoms with E-state index in [0.29, 0.717) is 5.92 Å². The number of aliphatic hydroxyl groups is 1. The zero-order valence-electron chi connectivity index (χ0n) is 5.75. The van der Waals surface area contributed by atoms with E-state index >= 15 is 0 Å². The van der Waals surface area contributed by atoms with Crippen LogP contribution in [0.15, 0.2) is 0 Å². The summed E-state index contributed by atoms with van der Waals surface area (Å²) >= 11 is 0. The van der Waals surface area contributed by atoms with Crippen LogP contribution in [-0.4, -0.2) is 29.0 Å². The lowest BCUT2D eigenvalue weighted by molar-refractivity contribution is 0.133.